The summed E-state index contributed by atoms with van der Waals surface area (Å²) < 4.78 is 3.62. The number of nitrogen functional groups attached to an aromatic ring is 1. The number of fused-ring (bicyclic) bond motifs is 3. The van der Waals surface area contributed by atoms with Crippen LogP contribution in [0.25, 0.3) is 33.3 Å². The summed E-state index contributed by atoms with van der Waals surface area (Å²) in [7, 11) is 1.80. The number of imidazole rings is 1. The maximum absolute atomic E-state index is 13.1. The summed E-state index contributed by atoms with van der Waals surface area (Å²) >= 11 is 0. The number of anilines is 1. The summed E-state index contributed by atoms with van der Waals surface area (Å²) in [4.78, 5) is 30.6. The summed E-state index contributed by atoms with van der Waals surface area (Å²) in [6.45, 7) is 0. The van der Waals surface area contributed by atoms with Crippen LogP contribution in [0.2, 0.25) is 0 Å². The third kappa shape index (κ3) is 2.56. The topological polar surface area (TPSA) is 105 Å². The fraction of sp³-hybridized carbons (Fsp3) is 0.350. The van der Waals surface area contributed by atoms with Crippen molar-refractivity contribution in [1.29, 1.82) is 0 Å². The second kappa shape index (κ2) is 6.40. The Morgan fingerprint density at radius 1 is 1.04 bits per heavy atom. The summed E-state index contributed by atoms with van der Waals surface area (Å²) in [6, 6.07) is 4.03. The van der Waals surface area contributed by atoms with Gasteiger partial charge in [-0.05, 0) is 25.0 Å². The molecule has 1 saturated carbocycles. The van der Waals surface area contributed by atoms with Crippen molar-refractivity contribution in [2.45, 2.75) is 38.1 Å². The Hall–Kier alpha value is -3.29. The van der Waals surface area contributed by atoms with Crippen LogP contribution >= 0.6 is 0 Å². The van der Waals surface area contributed by atoms with Crippen molar-refractivity contribution < 1.29 is 0 Å². The molecule has 4 aromatic heterocycles. The van der Waals surface area contributed by atoms with Gasteiger partial charge in [0.1, 0.15) is 5.52 Å². The molecule has 0 unspecified atom stereocenters. The first-order valence-corrected chi connectivity index (χ1v) is 9.58. The molecule has 0 atom stereocenters. The number of nitrogens with zero attached hydrogens (tertiary/aromatic N) is 6. The molecule has 28 heavy (non-hydrogen) atoms. The van der Waals surface area contributed by atoms with Crippen LogP contribution in [0.1, 0.15) is 38.1 Å². The second-order valence-corrected chi connectivity index (χ2v) is 7.39. The van der Waals surface area contributed by atoms with Crippen LogP contribution in [0.3, 0.4) is 0 Å². The lowest BCUT2D eigenvalue weighted by Gasteiger charge is -2.23. The largest absolute Gasteiger partial charge is 0.368 e. The average molecular weight is 375 g/mol. The van der Waals surface area contributed by atoms with E-state index >= 15 is 0 Å². The molecule has 0 spiro atoms. The molecule has 0 aromatic carbocycles. The van der Waals surface area contributed by atoms with E-state index in [-0.39, 0.29) is 17.7 Å². The Morgan fingerprint density at radius 3 is 2.54 bits per heavy atom. The molecule has 2 N–H and O–H groups in total. The highest BCUT2D eigenvalue weighted by Crippen LogP contribution is 2.32. The summed E-state index contributed by atoms with van der Waals surface area (Å²) in [6.07, 6.45) is 10.7. The third-order valence-corrected chi connectivity index (χ3v) is 5.67. The highest BCUT2D eigenvalue weighted by atomic mass is 16.1. The van der Waals surface area contributed by atoms with E-state index < -0.39 is 0 Å². The van der Waals surface area contributed by atoms with E-state index in [0.717, 1.165) is 59.0 Å². The third-order valence-electron chi connectivity index (χ3n) is 5.67. The number of hydrogen-bond donors (Lipinski definition) is 1. The normalized spacial score (nSPS) is 15.5. The molecular formula is C20H21N7O. The van der Waals surface area contributed by atoms with Crippen LogP contribution in [0.4, 0.5) is 5.95 Å². The molecule has 4 heterocycles. The summed E-state index contributed by atoms with van der Waals surface area (Å²) in [5, 5.41) is 0. The first kappa shape index (κ1) is 16.9. The van der Waals surface area contributed by atoms with Gasteiger partial charge in [-0.1, -0.05) is 19.3 Å². The maximum Gasteiger partial charge on any atom is 0.329 e. The molecular weight excluding hydrogens is 354 g/mol. The zero-order valence-electron chi connectivity index (χ0n) is 15.7. The van der Waals surface area contributed by atoms with Crippen LogP contribution in [0, 0.1) is 0 Å². The molecule has 0 bridgehead atoms. The van der Waals surface area contributed by atoms with Gasteiger partial charge in [0, 0.05) is 31.0 Å². The number of rotatable bonds is 2. The van der Waals surface area contributed by atoms with Gasteiger partial charge in [0.2, 0.25) is 5.95 Å². The molecule has 8 nitrogen and oxygen atoms in total. The number of aryl methyl sites for hydroxylation is 1. The smallest absolute Gasteiger partial charge is 0.329 e. The van der Waals surface area contributed by atoms with Gasteiger partial charge in [-0.2, -0.15) is 0 Å². The zero-order chi connectivity index (χ0) is 19.3. The van der Waals surface area contributed by atoms with Gasteiger partial charge >= 0.3 is 5.69 Å². The lowest BCUT2D eigenvalue weighted by molar-refractivity contribution is 0.351. The predicted octanol–water partition coefficient (Wildman–Crippen LogP) is 2.83. The SMILES string of the molecule is Cn1c(=O)n(C2CCCCC2)c2c3nc(-c4cnc(N)nc4)ccc3ncc21. The highest BCUT2D eigenvalue weighted by Gasteiger charge is 2.23. The van der Waals surface area contributed by atoms with E-state index in [1.54, 1.807) is 30.2 Å². The van der Waals surface area contributed by atoms with E-state index in [0.29, 0.717) is 0 Å². The summed E-state index contributed by atoms with van der Waals surface area (Å²) in [5.74, 6) is 0.225. The van der Waals surface area contributed by atoms with E-state index in [1.807, 2.05) is 16.7 Å². The van der Waals surface area contributed by atoms with Crippen molar-refractivity contribution in [2.24, 2.45) is 7.05 Å². The van der Waals surface area contributed by atoms with E-state index in [1.165, 1.54) is 6.42 Å². The predicted molar refractivity (Wildman–Crippen MR) is 108 cm³/mol. The monoisotopic (exact) mass is 375 g/mol. The molecule has 4 aromatic rings. The number of nitrogens with two attached hydrogens (primary N) is 1. The molecule has 8 heteroatoms. The van der Waals surface area contributed by atoms with Crippen molar-refractivity contribution in [2.75, 3.05) is 5.73 Å². The van der Waals surface area contributed by atoms with Gasteiger partial charge in [-0.3, -0.25) is 14.1 Å². The fourth-order valence-electron chi connectivity index (χ4n) is 4.20. The van der Waals surface area contributed by atoms with Crippen molar-refractivity contribution in [3.05, 3.63) is 41.2 Å². The van der Waals surface area contributed by atoms with Crippen LogP contribution in [0.15, 0.2) is 35.5 Å². The van der Waals surface area contributed by atoms with Gasteiger partial charge in [-0.15, -0.1) is 0 Å². The van der Waals surface area contributed by atoms with Gasteiger partial charge in [0.05, 0.1) is 28.4 Å². The Kier molecular flexibility index (Phi) is 3.85. The van der Waals surface area contributed by atoms with Crippen molar-refractivity contribution >= 4 is 28.0 Å². The lowest BCUT2D eigenvalue weighted by Crippen LogP contribution is -2.27. The van der Waals surface area contributed by atoms with Crippen molar-refractivity contribution in [3.8, 4) is 11.3 Å². The maximum atomic E-state index is 13.1. The molecule has 142 valence electrons. The minimum Gasteiger partial charge on any atom is -0.368 e. The van der Waals surface area contributed by atoms with Crippen LogP contribution in [0.5, 0.6) is 0 Å². The van der Waals surface area contributed by atoms with Gasteiger partial charge in [-0.25, -0.2) is 19.7 Å². The van der Waals surface area contributed by atoms with Crippen LogP contribution < -0.4 is 11.4 Å². The van der Waals surface area contributed by atoms with E-state index in [9.17, 15) is 4.79 Å². The van der Waals surface area contributed by atoms with Crippen LogP contribution in [-0.2, 0) is 7.05 Å². The Morgan fingerprint density at radius 2 is 1.79 bits per heavy atom. The highest BCUT2D eigenvalue weighted by molar-refractivity contribution is 6.00. The van der Waals surface area contributed by atoms with Crippen LogP contribution in [-0.4, -0.2) is 29.1 Å². The molecule has 0 radical (unpaired) electrons. The summed E-state index contributed by atoms with van der Waals surface area (Å²) in [5.41, 5.74) is 10.3. The molecule has 5 rings (SSSR count). The average Bonchev–Trinajstić information content (AvgIpc) is 3.00. The Labute approximate surface area is 161 Å². The molecule has 0 aliphatic heterocycles. The van der Waals surface area contributed by atoms with E-state index in [4.69, 9.17) is 10.7 Å². The number of aromatic nitrogens is 6. The first-order chi connectivity index (χ1) is 13.6. The first-order valence-electron chi connectivity index (χ1n) is 9.58. The number of hydrogen-bond acceptors (Lipinski definition) is 6. The van der Waals surface area contributed by atoms with Gasteiger partial charge in [0.15, 0.2) is 0 Å². The lowest BCUT2D eigenvalue weighted by atomic mass is 9.95. The number of pyridine rings is 2. The molecule has 1 fully saturated rings. The van der Waals surface area contributed by atoms with Crippen molar-refractivity contribution in [1.82, 2.24) is 29.1 Å². The Balaban J connectivity index is 1.79. The van der Waals surface area contributed by atoms with Crippen molar-refractivity contribution in [3.63, 3.8) is 0 Å². The van der Waals surface area contributed by atoms with Gasteiger partial charge in [0.25, 0.3) is 0 Å². The standard InChI is InChI=1S/C20H21N7O/c1-26-16-11-22-15-8-7-14(12-9-23-19(21)24-10-12)25-17(15)18(16)27(20(26)28)13-5-3-2-4-6-13/h7-11,13H,2-6H2,1H3,(H2,21,23,24). The molecule has 1 aliphatic carbocycles. The van der Waals surface area contributed by atoms with Gasteiger partial charge < -0.3 is 5.73 Å². The second-order valence-electron chi connectivity index (χ2n) is 7.39. The van der Waals surface area contributed by atoms with E-state index in [2.05, 4.69) is 15.0 Å². The molecule has 0 amide bonds. The zero-order valence-corrected chi connectivity index (χ0v) is 15.7. The molecule has 0 saturated heterocycles. The minimum atomic E-state index is -0.000721. The minimum absolute atomic E-state index is 0.000721. The Bertz CT molecular complexity index is 1230. The molecule has 1 aliphatic rings. The fourth-order valence-corrected chi connectivity index (χ4v) is 4.20. The quantitative estimate of drug-likeness (QED) is 0.578.